The van der Waals surface area contributed by atoms with Crippen LogP contribution < -0.4 is 5.32 Å². The number of hydrogen-bond donors (Lipinski definition) is 1. The predicted molar refractivity (Wildman–Crippen MR) is 161 cm³/mol. The van der Waals surface area contributed by atoms with E-state index in [9.17, 15) is 9.59 Å². The maximum absolute atomic E-state index is 12.2. The molecule has 0 spiro atoms. The van der Waals surface area contributed by atoms with Gasteiger partial charge in [0.25, 0.3) is 0 Å². The highest BCUT2D eigenvalue weighted by molar-refractivity contribution is 5.93. The number of carbonyl (C=O) groups excluding carboxylic acids is 2. The molecule has 0 saturated heterocycles. The standard InChI is InChI=1S/C32H47N3O2/c1-5-6-7-8-9-10-11-12-13-14-15-16-17-18-19-20-21-22-23-26-31(36)35(4)29-28-34-32(37)30(2)25-24-27-33-3/h6-7,9-10,12-13,15-16,18-19,21-22,24-25,27H,3,5,8,11,14,17,20,23,26,28-29H2,1-2,4H3,(H,34,37)/b7-6-,10-9-,13-12-,16-15-,19-18-,22-21-,27-24-,30-25+. The van der Waals surface area contributed by atoms with Gasteiger partial charge in [-0.1, -0.05) is 85.9 Å². The molecule has 0 aromatic rings. The molecule has 0 atom stereocenters. The Bertz CT molecular complexity index is 870. The lowest BCUT2D eigenvalue weighted by atomic mass is 10.2. The Morgan fingerprint density at radius 2 is 1.30 bits per heavy atom. The van der Waals surface area contributed by atoms with Crippen LogP contribution in [0, 0.1) is 0 Å². The van der Waals surface area contributed by atoms with Crippen molar-refractivity contribution in [3.63, 3.8) is 0 Å². The topological polar surface area (TPSA) is 61.8 Å². The van der Waals surface area contributed by atoms with E-state index in [1.807, 2.05) is 6.08 Å². The van der Waals surface area contributed by atoms with E-state index < -0.39 is 0 Å². The molecule has 0 bridgehead atoms. The summed E-state index contributed by atoms with van der Waals surface area (Å²) in [6.07, 6.45) is 37.9. The lowest BCUT2D eigenvalue weighted by Crippen LogP contribution is -2.36. The zero-order chi connectivity index (χ0) is 27.4. The van der Waals surface area contributed by atoms with Crippen molar-refractivity contribution in [1.29, 1.82) is 0 Å². The molecule has 0 aliphatic heterocycles. The predicted octanol–water partition coefficient (Wildman–Crippen LogP) is 7.20. The molecule has 1 N–H and O–H groups in total. The van der Waals surface area contributed by atoms with E-state index in [1.54, 1.807) is 31.0 Å². The van der Waals surface area contributed by atoms with Gasteiger partial charge >= 0.3 is 0 Å². The molecule has 0 saturated carbocycles. The smallest absolute Gasteiger partial charge is 0.246 e. The summed E-state index contributed by atoms with van der Waals surface area (Å²) in [6, 6.07) is 0. The number of amides is 2. The number of aliphatic imine (C=N–C) groups is 1. The van der Waals surface area contributed by atoms with Crippen molar-refractivity contribution in [3.05, 3.63) is 96.8 Å². The monoisotopic (exact) mass is 505 g/mol. The number of rotatable bonds is 20. The Balaban J connectivity index is 3.86. The third kappa shape index (κ3) is 22.7. The van der Waals surface area contributed by atoms with E-state index in [4.69, 9.17) is 0 Å². The summed E-state index contributed by atoms with van der Waals surface area (Å²) in [7, 11) is 1.76. The van der Waals surface area contributed by atoms with Gasteiger partial charge in [0.15, 0.2) is 0 Å². The fraction of sp³-hybridized carbons (Fsp3) is 0.406. The van der Waals surface area contributed by atoms with Gasteiger partial charge < -0.3 is 10.2 Å². The van der Waals surface area contributed by atoms with Crippen LogP contribution in [-0.4, -0.2) is 43.6 Å². The van der Waals surface area contributed by atoms with Gasteiger partial charge in [-0.05, 0) is 64.7 Å². The molecule has 5 nitrogen and oxygen atoms in total. The molecular weight excluding hydrogens is 458 g/mol. The largest absolute Gasteiger partial charge is 0.351 e. The zero-order valence-corrected chi connectivity index (χ0v) is 23.1. The molecule has 0 heterocycles. The summed E-state index contributed by atoms with van der Waals surface area (Å²) in [6.45, 7) is 8.10. The third-order valence-electron chi connectivity index (χ3n) is 5.18. The van der Waals surface area contributed by atoms with Crippen molar-refractivity contribution >= 4 is 18.5 Å². The molecule has 5 heteroatoms. The van der Waals surface area contributed by atoms with Crippen molar-refractivity contribution in [1.82, 2.24) is 10.2 Å². The van der Waals surface area contributed by atoms with E-state index in [1.165, 1.54) is 6.20 Å². The number of hydrogen-bond acceptors (Lipinski definition) is 3. The second-order valence-corrected chi connectivity index (χ2v) is 8.40. The molecule has 2 amide bonds. The highest BCUT2D eigenvalue weighted by Gasteiger charge is 2.08. The van der Waals surface area contributed by atoms with Gasteiger partial charge in [-0.25, -0.2) is 0 Å². The summed E-state index contributed by atoms with van der Waals surface area (Å²) < 4.78 is 0. The van der Waals surface area contributed by atoms with Crippen molar-refractivity contribution in [2.45, 2.75) is 65.2 Å². The Hall–Kier alpha value is -3.47. The average Bonchev–Trinajstić information content (AvgIpc) is 2.89. The summed E-state index contributed by atoms with van der Waals surface area (Å²) in [4.78, 5) is 29.4. The van der Waals surface area contributed by atoms with Crippen molar-refractivity contribution in [2.24, 2.45) is 4.99 Å². The number of likely N-dealkylation sites (N-methyl/N-ethyl adjacent to an activating group) is 1. The van der Waals surface area contributed by atoms with Crippen molar-refractivity contribution in [2.75, 3.05) is 20.1 Å². The molecular formula is C32H47N3O2. The Kier molecular flexibility index (Phi) is 23.2. The Labute approximate surface area is 225 Å². The van der Waals surface area contributed by atoms with Gasteiger partial charge in [0, 0.05) is 38.3 Å². The van der Waals surface area contributed by atoms with E-state index in [-0.39, 0.29) is 11.8 Å². The Morgan fingerprint density at radius 1 is 0.811 bits per heavy atom. The minimum absolute atomic E-state index is 0.0704. The lowest BCUT2D eigenvalue weighted by Gasteiger charge is -2.17. The van der Waals surface area contributed by atoms with E-state index in [0.29, 0.717) is 31.5 Å². The maximum atomic E-state index is 12.2. The second-order valence-electron chi connectivity index (χ2n) is 8.40. The van der Waals surface area contributed by atoms with Crippen LogP contribution in [0.4, 0.5) is 0 Å². The molecule has 0 fully saturated rings. The van der Waals surface area contributed by atoms with Gasteiger partial charge in [-0.2, -0.15) is 0 Å². The molecule has 0 unspecified atom stereocenters. The quantitative estimate of drug-likeness (QED) is 0.0823. The van der Waals surface area contributed by atoms with Crippen LogP contribution in [0.1, 0.15) is 65.2 Å². The summed E-state index contributed by atoms with van der Waals surface area (Å²) in [5.74, 6) is -0.0893. The number of nitrogens with zero attached hydrogens (tertiary/aromatic N) is 2. The molecule has 0 radical (unpaired) electrons. The number of carbonyl (C=O) groups is 2. The summed E-state index contributed by atoms with van der Waals surface area (Å²) in [5, 5.41) is 2.81. The Morgan fingerprint density at radius 3 is 1.78 bits per heavy atom. The fourth-order valence-electron chi connectivity index (χ4n) is 2.96. The van der Waals surface area contributed by atoms with Gasteiger partial charge in [0.05, 0.1) is 0 Å². The average molecular weight is 506 g/mol. The van der Waals surface area contributed by atoms with Crippen molar-refractivity contribution in [3.8, 4) is 0 Å². The molecule has 0 aliphatic carbocycles. The zero-order valence-electron chi connectivity index (χ0n) is 23.1. The van der Waals surface area contributed by atoms with E-state index >= 15 is 0 Å². The van der Waals surface area contributed by atoms with Gasteiger partial charge in [-0.15, -0.1) is 0 Å². The maximum Gasteiger partial charge on any atom is 0.246 e. The number of allylic oxidation sites excluding steroid dienone is 14. The highest BCUT2D eigenvalue weighted by atomic mass is 16.2. The molecule has 202 valence electrons. The third-order valence-corrected chi connectivity index (χ3v) is 5.18. The van der Waals surface area contributed by atoms with Crippen LogP contribution >= 0.6 is 0 Å². The van der Waals surface area contributed by atoms with Crippen LogP contribution in [0.2, 0.25) is 0 Å². The van der Waals surface area contributed by atoms with Gasteiger partial charge in [0.1, 0.15) is 0 Å². The van der Waals surface area contributed by atoms with Crippen LogP contribution in [0.15, 0.2) is 102 Å². The summed E-state index contributed by atoms with van der Waals surface area (Å²) in [5.41, 5.74) is 0.575. The molecule has 37 heavy (non-hydrogen) atoms. The van der Waals surface area contributed by atoms with Crippen LogP contribution in [0.3, 0.4) is 0 Å². The second kappa shape index (κ2) is 25.6. The molecule has 0 rings (SSSR count). The van der Waals surface area contributed by atoms with Gasteiger partial charge in [0.2, 0.25) is 11.8 Å². The van der Waals surface area contributed by atoms with Crippen LogP contribution in [0.5, 0.6) is 0 Å². The molecule has 0 aromatic carbocycles. The fourth-order valence-corrected chi connectivity index (χ4v) is 2.96. The minimum Gasteiger partial charge on any atom is -0.351 e. The van der Waals surface area contributed by atoms with E-state index in [2.05, 4.69) is 90.8 Å². The minimum atomic E-state index is -0.160. The number of nitrogens with one attached hydrogen (secondary N) is 1. The normalized spacial score (nSPS) is 13.0. The van der Waals surface area contributed by atoms with Gasteiger partial charge in [-0.3, -0.25) is 14.6 Å². The van der Waals surface area contributed by atoms with Crippen molar-refractivity contribution < 1.29 is 9.59 Å². The first-order chi connectivity index (χ1) is 18.0. The first kappa shape index (κ1) is 33.5. The van der Waals surface area contributed by atoms with Crippen LogP contribution in [0.25, 0.3) is 0 Å². The first-order valence-electron chi connectivity index (χ1n) is 13.2. The lowest BCUT2D eigenvalue weighted by molar-refractivity contribution is -0.130. The molecule has 0 aromatic heterocycles. The van der Waals surface area contributed by atoms with E-state index in [0.717, 1.165) is 38.5 Å². The highest BCUT2D eigenvalue weighted by Crippen LogP contribution is 2.00. The van der Waals surface area contributed by atoms with Crippen LogP contribution in [-0.2, 0) is 9.59 Å². The summed E-state index contributed by atoms with van der Waals surface area (Å²) >= 11 is 0. The first-order valence-corrected chi connectivity index (χ1v) is 13.2. The molecule has 0 aliphatic rings. The SMILES string of the molecule is C=N/C=C\C=C(/C)C(=O)NCCN(C)C(=O)CC/C=C\C/C=C\C/C=C\C/C=C\C/C=C\C/C=C\CC.